The van der Waals surface area contributed by atoms with Crippen LogP contribution in [-0.2, 0) is 11.3 Å². The van der Waals surface area contributed by atoms with Gasteiger partial charge >= 0.3 is 0 Å². The molecule has 1 saturated heterocycles. The highest BCUT2D eigenvalue weighted by Gasteiger charge is 2.12. The first kappa shape index (κ1) is 10.6. The van der Waals surface area contributed by atoms with Crippen molar-refractivity contribution in [2.24, 2.45) is 0 Å². The third-order valence-corrected chi connectivity index (χ3v) is 2.70. The number of nitrogens with one attached hydrogen (secondary N) is 1. The number of ether oxygens (including phenoxy) is 1. The summed E-state index contributed by atoms with van der Waals surface area (Å²) in [4.78, 5) is 4.08. The van der Waals surface area contributed by atoms with E-state index in [1.54, 1.807) is 6.20 Å². The molecule has 1 aromatic heterocycles. The molecule has 3 heteroatoms. The van der Waals surface area contributed by atoms with Gasteiger partial charge in [-0.3, -0.25) is 4.98 Å². The summed E-state index contributed by atoms with van der Waals surface area (Å²) in [7, 11) is 0. The van der Waals surface area contributed by atoms with E-state index in [0.717, 1.165) is 19.7 Å². The zero-order valence-corrected chi connectivity index (χ0v) is 8.98. The summed E-state index contributed by atoms with van der Waals surface area (Å²) in [5.41, 5.74) is 1.23. The maximum absolute atomic E-state index is 5.64. The molecule has 1 atom stereocenters. The van der Waals surface area contributed by atoms with Crippen LogP contribution in [0.3, 0.4) is 0 Å². The highest BCUT2D eigenvalue weighted by atomic mass is 16.5. The van der Waals surface area contributed by atoms with Crippen molar-refractivity contribution in [1.29, 1.82) is 0 Å². The maximum Gasteiger partial charge on any atom is 0.0699 e. The quantitative estimate of drug-likeness (QED) is 0.814. The fourth-order valence-corrected chi connectivity index (χ4v) is 1.85. The van der Waals surface area contributed by atoms with Gasteiger partial charge in [0.15, 0.2) is 0 Å². The standard InChI is InChI=1S/C12H18N2O/c1-2-7-15-12(5-1)10-14-9-11-4-3-6-13-8-11/h3-4,6,8,12,14H,1-2,5,7,9-10H2. The predicted octanol–water partition coefficient (Wildman–Crippen LogP) is 1.74. The Kier molecular flexibility index (Phi) is 4.11. The van der Waals surface area contributed by atoms with Crippen LogP contribution in [0.15, 0.2) is 24.5 Å². The van der Waals surface area contributed by atoms with E-state index in [4.69, 9.17) is 4.74 Å². The summed E-state index contributed by atoms with van der Waals surface area (Å²) in [6, 6.07) is 4.05. The first-order chi connectivity index (χ1) is 7.45. The molecule has 0 aliphatic carbocycles. The third kappa shape index (κ3) is 3.61. The molecule has 0 spiro atoms. The Morgan fingerprint density at radius 1 is 1.47 bits per heavy atom. The van der Waals surface area contributed by atoms with Crippen molar-refractivity contribution in [3.8, 4) is 0 Å². The molecule has 1 aliphatic rings. The minimum atomic E-state index is 0.412. The molecule has 1 aromatic rings. The van der Waals surface area contributed by atoms with Gasteiger partial charge in [-0.2, -0.15) is 0 Å². The van der Waals surface area contributed by atoms with Crippen LogP contribution in [0.25, 0.3) is 0 Å². The van der Waals surface area contributed by atoms with Crippen molar-refractivity contribution < 1.29 is 4.74 Å². The average Bonchev–Trinajstić information content (AvgIpc) is 2.32. The highest BCUT2D eigenvalue weighted by Crippen LogP contribution is 2.11. The van der Waals surface area contributed by atoms with Gasteiger partial charge in [-0.05, 0) is 30.9 Å². The molecule has 1 aliphatic heterocycles. The van der Waals surface area contributed by atoms with Crippen molar-refractivity contribution in [1.82, 2.24) is 10.3 Å². The summed E-state index contributed by atoms with van der Waals surface area (Å²) in [6.45, 7) is 2.77. The van der Waals surface area contributed by atoms with E-state index in [0.29, 0.717) is 6.10 Å². The predicted molar refractivity (Wildman–Crippen MR) is 59.5 cm³/mol. The fraction of sp³-hybridized carbons (Fsp3) is 0.583. The summed E-state index contributed by atoms with van der Waals surface area (Å²) in [6.07, 6.45) is 7.83. The van der Waals surface area contributed by atoms with E-state index in [-0.39, 0.29) is 0 Å². The number of rotatable bonds is 4. The van der Waals surface area contributed by atoms with Gasteiger partial charge in [-0.15, -0.1) is 0 Å². The molecule has 1 unspecified atom stereocenters. The number of hydrogen-bond donors (Lipinski definition) is 1. The fourth-order valence-electron chi connectivity index (χ4n) is 1.85. The topological polar surface area (TPSA) is 34.2 Å². The first-order valence-electron chi connectivity index (χ1n) is 5.66. The summed E-state index contributed by atoms with van der Waals surface area (Å²) >= 11 is 0. The Balaban J connectivity index is 1.66. The van der Waals surface area contributed by atoms with Gasteiger partial charge in [-0.1, -0.05) is 6.07 Å². The minimum Gasteiger partial charge on any atom is -0.377 e. The molecule has 0 amide bonds. The number of hydrogen-bond acceptors (Lipinski definition) is 3. The molecular weight excluding hydrogens is 188 g/mol. The van der Waals surface area contributed by atoms with Crippen molar-refractivity contribution in [2.45, 2.75) is 31.9 Å². The largest absolute Gasteiger partial charge is 0.377 e. The van der Waals surface area contributed by atoms with Gasteiger partial charge in [-0.25, -0.2) is 0 Å². The Morgan fingerprint density at radius 2 is 2.47 bits per heavy atom. The van der Waals surface area contributed by atoms with Crippen LogP contribution in [-0.4, -0.2) is 24.2 Å². The van der Waals surface area contributed by atoms with Crippen LogP contribution in [0.5, 0.6) is 0 Å². The van der Waals surface area contributed by atoms with E-state index in [1.807, 2.05) is 12.3 Å². The highest BCUT2D eigenvalue weighted by molar-refractivity contribution is 5.07. The van der Waals surface area contributed by atoms with Crippen molar-refractivity contribution >= 4 is 0 Å². The second-order valence-corrected chi connectivity index (χ2v) is 3.98. The smallest absolute Gasteiger partial charge is 0.0699 e. The van der Waals surface area contributed by atoms with Crippen LogP contribution in [0.1, 0.15) is 24.8 Å². The maximum atomic E-state index is 5.64. The molecule has 0 saturated carbocycles. The molecule has 0 aromatic carbocycles. The zero-order valence-electron chi connectivity index (χ0n) is 8.98. The Morgan fingerprint density at radius 3 is 3.20 bits per heavy atom. The van der Waals surface area contributed by atoms with Gasteiger partial charge in [0.05, 0.1) is 6.10 Å². The van der Waals surface area contributed by atoms with Crippen molar-refractivity contribution in [3.63, 3.8) is 0 Å². The van der Waals surface area contributed by atoms with E-state index < -0.39 is 0 Å². The SMILES string of the molecule is c1cncc(CNCC2CCCCO2)c1. The lowest BCUT2D eigenvalue weighted by Crippen LogP contribution is -2.31. The second kappa shape index (κ2) is 5.83. The monoisotopic (exact) mass is 206 g/mol. The normalized spacial score (nSPS) is 21.5. The molecule has 15 heavy (non-hydrogen) atoms. The second-order valence-electron chi connectivity index (χ2n) is 3.98. The molecule has 2 heterocycles. The van der Waals surface area contributed by atoms with Gasteiger partial charge in [0.25, 0.3) is 0 Å². The molecule has 3 nitrogen and oxygen atoms in total. The first-order valence-corrected chi connectivity index (χ1v) is 5.66. The molecular formula is C12H18N2O. The van der Waals surface area contributed by atoms with Crippen LogP contribution >= 0.6 is 0 Å². The molecule has 82 valence electrons. The van der Waals surface area contributed by atoms with Crippen LogP contribution in [0.4, 0.5) is 0 Å². The van der Waals surface area contributed by atoms with Gasteiger partial charge in [0, 0.05) is 32.1 Å². The lowest BCUT2D eigenvalue weighted by atomic mass is 10.1. The lowest BCUT2D eigenvalue weighted by molar-refractivity contribution is 0.0168. The van der Waals surface area contributed by atoms with Crippen LogP contribution < -0.4 is 5.32 Å². The van der Waals surface area contributed by atoms with Gasteiger partial charge < -0.3 is 10.1 Å². The molecule has 1 N–H and O–H groups in total. The van der Waals surface area contributed by atoms with Crippen LogP contribution in [0, 0.1) is 0 Å². The van der Waals surface area contributed by atoms with Crippen molar-refractivity contribution in [2.75, 3.05) is 13.2 Å². The van der Waals surface area contributed by atoms with E-state index in [9.17, 15) is 0 Å². The molecule has 1 fully saturated rings. The molecule has 0 bridgehead atoms. The summed E-state index contributed by atoms with van der Waals surface area (Å²) < 4.78 is 5.64. The van der Waals surface area contributed by atoms with E-state index in [1.165, 1.54) is 24.8 Å². The van der Waals surface area contributed by atoms with Crippen LogP contribution in [0.2, 0.25) is 0 Å². The Labute approximate surface area is 90.9 Å². The van der Waals surface area contributed by atoms with E-state index >= 15 is 0 Å². The van der Waals surface area contributed by atoms with Crippen molar-refractivity contribution in [3.05, 3.63) is 30.1 Å². The summed E-state index contributed by atoms with van der Waals surface area (Å²) in [5, 5.41) is 3.41. The number of nitrogens with zero attached hydrogens (tertiary/aromatic N) is 1. The zero-order chi connectivity index (χ0) is 10.3. The molecule has 0 radical (unpaired) electrons. The Bertz CT molecular complexity index is 270. The lowest BCUT2D eigenvalue weighted by Gasteiger charge is -2.22. The Hall–Kier alpha value is -0.930. The average molecular weight is 206 g/mol. The minimum absolute atomic E-state index is 0.412. The summed E-state index contributed by atoms with van der Waals surface area (Å²) in [5.74, 6) is 0. The third-order valence-electron chi connectivity index (χ3n) is 2.70. The molecule has 2 rings (SSSR count). The number of pyridine rings is 1. The van der Waals surface area contributed by atoms with Gasteiger partial charge in [0.1, 0.15) is 0 Å². The van der Waals surface area contributed by atoms with E-state index in [2.05, 4.69) is 16.4 Å². The number of aromatic nitrogens is 1. The van der Waals surface area contributed by atoms with Gasteiger partial charge in [0.2, 0.25) is 0 Å².